The summed E-state index contributed by atoms with van der Waals surface area (Å²) in [5.41, 5.74) is 3.38. The van der Waals surface area contributed by atoms with Gasteiger partial charge < -0.3 is 9.88 Å². The molecule has 1 fully saturated rings. The highest BCUT2D eigenvalue weighted by Crippen LogP contribution is 2.30. The van der Waals surface area contributed by atoms with E-state index in [-0.39, 0.29) is 5.91 Å². The fourth-order valence-corrected chi connectivity index (χ4v) is 4.86. The predicted molar refractivity (Wildman–Crippen MR) is 120 cm³/mol. The molecule has 1 amide bonds. The molecule has 3 atom stereocenters. The Morgan fingerprint density at radius 2 is 1.97 bits per heavy atom. The SMILES string of the molecule is C[C@@H]1[C@H](C)CCC[C@@H]1NC(=O)Cc1cn(Cc2cccc(Cl)c2)c2ccccc12. The third-order valence-electron chi connectivity index (χ3n) is 6.52. The second-order valence-electron chi connectivity index (χ2n) is 8.55. The van der Waals surface area contributed by atoms with Gasteiger partial charge in [-0.15, -0.1) is 0 Å². The van der Waals surface area contributed by atoms with Crippen LogP contribution in [0.15, 0.2) is 54.7 Å². The molecule has 1 aliphatic rings. The smallest absolute Gasteiger partial charge is 0.224 e. The lowest BCUT2D eigenvalue weighted by molar-refractivity contribution is -0.121. The minimum Gasteiger partial charge on any atom is -0.353 e. The zero-order chi connectivity index (χ0) is 20.4. The Morgan fingerprint density at radius 3 is 2.79 bits per heavy atom. The molecule has 29 heavy (non-hydrogen) atoms. The average molecular weight is 409 g/mol. The van der Waals surface area contributed by atoms with E-state index in [2.05, 4.69) is 48.1 Å². The van der Waals surface area contributed by atoms with Crippen LogP contribution in [0.5, 0.6) is 0 Å². The molecule has 2 aromatic carbocycles. The van der Waals surface area contributed by atoms with E-state index >= 15 is 0 Å². The molecule has 3 nitrogen and oxygen atoms in total. The van der Waals surface area contributed by atoms with E-state index in [1.807, 2.05) is 30.3 Å². The molecule has 4 rings (SSSR count). The Kier molecular flexibility index (Phi) is 5.96. The van der Waals surface area contributed by atoms with E-state index in [0.29, 0.717) is 24.3 Å². The van der Waals surface area contributed by atoms with Crippen molar-refractivity contribution in [1.82, 2.24) is 9.88 Å². The number of carbonyl (C=O) groups excluding carboxylic acids is 1. The number of halogens is 1. The summed E-state index contributed by atoms with van der Waals surface area (Å²) in [5.74, 6) is 1.34. The van der Waals surface area contributed by atoms with Crippen LogP contribution in [0, 0.1) is 11.8 Å². The lowest BCUT2D eigenvalue weighted by atomic mass is 9.78. The van der Waals surface area contributed by atoms with Gasteiger partial charge >= 0.3 is 0 Å². The second kappa shape index (κ2) is 8.62. The molecule has 0 radical (unpaired) electrons. The van der Waals surface area contributed by atoms with Gasteiger partial charge in [0.25, 0.3) is 0 Å². The molecule has 1 aromatic heterocycles. The van der Waals surface area contributed by atoms with E-state index in [1.54, 1.807) is 0 Å². The first-order valence-corrected chi connectivity index (χ1v) is 11.0. The Hall–Kier alpha value is -2.26. The molecule has 3 aromatic rings. The van der Waals surface area contributed by atoms with Gasteiger partial charge in [0.1, 0.15) is 0 Å². The number of fused-ring (bicyclic) bond motifs is 1. The number of hydrogen-bond donors (Lipinski definition) is 1. The van der Waals surface area contributed by atoms with E-state index in [0.717, 1.165) is 40.0 Å². The first-order chi connectivity index (χ1) is 14.0. The zero-order valence-corrected chi connectivity index (χ0v) is 18.0. The van der Waals surface area contributed by atoms with Crippen molar-refractivity contribution >= 4 is 28.4 Å². The minimum atomic E-state index is 0.126. The summed E-state index contributed by atoms with van der Waals surface area (Å²) >= 11 is 6.16. The highest BCUT2D eigenvalue weighted by atomic mass is 35.5. The van der Waals surface area contributed by atoms with Crippen LogP contribution in [-0.4, -0.2) is 16.5 Å². The second-order valence-corrected chi connectivity index (χ2v) is 8.98. The lowest BCUT2D eigenvalue weighted by Crippen LogP contribution is -2.44. The Balaban J connectivity index is 1.54. The molecule has 1 saturated carbocycles. The van der Waals surface area contributed by atoms with Gasteiger partial charge in [0.05, 0.1) is 6.42 Å². The van der Waals surface area contributed by atoms with Crippen molar-refractivity contribution in [3.8, 4) is 0 Å². The maximum Gasteiger partial charge on any atom is 0.224 e. The standard InChI is InChI=1S/C25H29ClN2O/c1-17-7-5-11-23(18(17)2)27-25(29)14-20-16-28(24-12-4-3-10-22(20)24)15-19-8-6-9-21(26)13-19/h3-4,6,8-10,12-13,16-18,23H,5,7,11,14-15H2,1-2H3,(H,27,29)/t17-,18-,23+/m1/s1. The number of rotatable bonds is 5. The fourth-order valence-electron chi connectivity index (χ4n) is 4.64. The largest absolute Gasteiger partial charge is 0.353 e. The van der Waals surface area contributed by atoms with E-state index in [1.165, 1.54) is 12.8 Å². The summed E-state index contributed by atoms with van der Waals surface area (Å²) in [6, 6.07) is 16.6. The maximum atomic E-state index is 12.9. The number of nitrogens with zero attached hydrogens (tertiary/aromatic N) is 1. The fraction of sp³-hybridized carbons (Fsp3) is 0.400. The van der Waals surface area contributed by atoms with Gasteiger partial charge in [0.2, 0.25) is 5.91 Å². The van der Waals surface area contributed by atoms with E-state index < -0.39 is 0 Å². The van der Waals surface area contributed by atoms with Crippen molar-refractivity contribution in [1.29, 1.82) is 0 Å². The molecule has 1 heterocycles. The highest BCUT2D eigenvalue weighted by Gasteiger charge is 2.28. The van der Waals surface area contributed by atoms with Gasteiger partial charge in [-0.05, 0) is 47.6 Å². The van der Waals surface area contributed by atoms with Gasteiger partial charge in [0.15, 0.2) is 0 Å². The first kappa shape index (κ1) is 20.0. The van der Waals surface area contributed by atoms with Crippen LogP contribution in [0.4, 0.5) is 0 Å². The first-order valence-electron chi connectivity index (χ1n) is 10.6. The minimum absolute atomic E-state index is 0.126. The third kappa shape index (κ3) is 4.51. The van der Waals surface area contributed by atoms with Gasteiger partial charge in [-0.3, -0.25) is 4.79 Å². The summed E-state index contributed by atoms with van der Waals surface area (Å²) < 4.78 is 2.22. The van der Waals surface area contributed by atoms with Crippen LogP contribution in [0.1, 0.15) is 44.2 Å². The van der Waals surface area contributed by atoms with Crippen LogP contribution in [-0.2, 0) is 17.8 Å². The van der Waals surface area contributed by atoms with E-state index in [4.69, 9.17) is 11.6 Å². The maximum absolute atomic E-state index is 12.9. The van der Waals surface area contributed by atoms with Gasteiger partial charge in [-0.2, -0.15) is 0 Å². The molecule has 4 heteroatoms. The lowest BCUT2D eigenvalue weighted by Gasteiger charge is -2.34. The number of aromatic nitrogens is 1. The van der Waals surface area contributed by atoms with Gasteiger partial charge in [0, 0.05) is 34.7 Å². The Labute approximate surface area is 178 Å². The van der Waals surface area contributed by atoms with Crippen molar-refractivity contribution in [2.24, 2.45) is 11.8 Å². The van der Waals surface area contributed by atoms with Crippen molar-refractivity contribution in [3.63, 3.8) is 0 Å². The van der Waals surface area contributed by atoms with Crippen molar-refractivity contribution < 1.29 is 4.79 Å². The third-order valence-corrected chi connectivity index (χ3v) is 6.75. The van der Waals surface area contributed by atoms with Crippen LogP contribution in [0.25, 0.3) is 10.9 Å². The average Bonchev–Trinajstić information content (AvgIpc) is 3.03. The number of carbonyl (C=O) groups is 1. The number of para-hydroxylation sites is 1. The monoisotopic (exact) mass is 408 g/mol. The number of amides is 1. The van der Waals surface area contributed by atoms with Crippen LogP contribution in [0.2, 0.25) is 5.02 Å². The quantitative estimate of drug-likeness (QED) is 0.566. The van der Waals surface area contributed by atoms with Gasteiger partial charge in [-0.25, -0.2) is 0 Å². The van der Waals surface area contributed by atoms with Crippen LogP contribution < -0.4 is 5.32 Å². The highest BCUT2D eigenvalue weighted by molar-refractivity contribution is 6.30. The van der Waals surface area contributed by atoms with Crippen molar-refractivity contribution in [3.05, 3.63) is 70.9 Å². The molecule has 1 aliphatic carbocycles. The summed E-state index contributed by atoms with van der Waals surface area (Å²) in [5, 5.41) is 5.21. The van der Waals surface area contributed by atoms with Crippen molar-refractivity contribution in [2.45, 2.75) is 52.1 Å². The number of nitrogens with one attached hydrogen (secondary N) is 1. The summed E-state index contributed by atoms with van der Waals surface area (Å²) in [6.07, 6.45) is 6.10. The zero-order valence-electron chi connectivity index (χ0n) is 17.2. The molecule has 1 N–H and O–H groups in total. The van der Waals surface area contributed by atoms with E-state index in [9.17, 15) is 4.79 Å². The molecular weight excluding hydrogens is 380 g/mol. The summed E-state index contributed by atoms with van der Waals surface area (Å²) in [7, 11) is 0. The molecule has 0 unspecified atom stereocenters. The normalized spacial score (nSPS) is 22.0. The molecule has 0 aliphatic heterocycles. The number of hydrogen-bond acceptors (Lipinski definition) is 1. The predicted octanol–water partition coefficient (Wildman–Crippen LogP) is 5.83. The Morgan fingerprint density at radius 1 is 1.14 bits per heavy atom. The van der Waals surface area contributed by atoms with Crippen LogP contribution in [0.3, 0.4) is 0 Å². The molecule has 152 valence electrons. The van der Waals surface area contributed by atoms with Gasteiger partial charge in [-0.1, -0.05) is 68.6 Å². The van der Waals surface area contributed by atoms with Crippen LogP contribution >= 0.6 is 11.6 Å². The molecule has 0 bridgehead atoms. The molecule has 0 spiro atoms. The Bertz CT molecular complexity index is 1010. The summed E-state index contributed by atoms with van der Waals surface area (Å²) in [4.78, 5) is 12.9. The number of benzene rings is 2. The summed E-state index contributed by atoms with van der Waals surface area (Å²) in [6.45, 7) is 5.30. The molecule has 0 saturated heterocycles. The van der Waals surface area contributed by atoms with Crippen molar-refractivity contribution in [2.75, 3.05) is 0 Å². The topological polar surface area (TPSA) is 34.0 Å². The molecular formula is C25H29ClN2O.